The quantitative estimate of drug-likeness (QED) is 0.229. The van der Waals surface area contributed by atoms with Crippen molar-refractivity contribution in [3.8, 4) is 11.4 Å². The summed E-state index contributed by atoms with van der Waals surface area (Å²) in [6.45, 7) is 3.84. The third kappa shape index (κ3) is 4.94. The van der Waals surface area contributed by atoms with Crippen LogP contribution in [0.25, 0.3) is 16.9 Å². The van der Waals surface area contributed by atoms with Crippen LogP contribution in [0.1, 0.15) is 30.6 Å². The number of fused-ring (bicyclic) bond motifs is 1. The lowest BCUT2D eigenvalue weighted by atomic mass is 10.2. The molecule has 12 nitrogen and oxygen atoms in total. The van der Waals surface area contributed by atoms with Crippen LogP contribution in [0.15, 0.2) is 78.4 Å². The summed E-state index contributed by atoms with van der Waals surface area (Å²) in [4.78, 5) is 59.8. The van der Waals surface area contributed by atoms with Gasteiger partial charge in [-0.25, -0.2) is 24.3 Å². The first-order valence-electron chi connectivity index (χ1n) is 12.2. The monoisotopic (exact) mass is 524 g/mol. The van der Waals surface area contributed by atoms with Crippen LogP contribution in [0, 0.1) is 0 Å². The molecule has 1 aromatic carbocycles. The van der Waals surface area contributed by atoms with Crippen LogP contribution in [0.5, 0.6) is 5.75 Å². The van der Waals surface area contributed by atoms with Gasteiger partial charge in [0.05, 0.1) is 23.1 Å². The summed E-state index contributed by atoms with van der Waals surface area (Å²) in [7, 11) is 0. The van der Waals surface area contributed by atoms with Gasteiger partial charge in [-0.05, 0) is 43.3 Å². The van der Waals surface area contributed by atoms with Crippen LogP contribution in [-0.4, -0.2) is 47.9 Å². The van der Waals surface area contributed by atoms with Gasteiger partial charge in [-0.2, -0.15) is 0 Å². The summed E-state index contributed by atoms with van der Waals surface area (Å²) in [5.74, 6) is -0.367. The van der Waals surface area contributed by atoms with Crippen molar-refractivity contribution in [2.75, 3.05) is 16.8 Å². The number of imidazole rings is 1. The van der Waals surface area contributed by atoms with E-state index in [0.29, 0.717) is 46.2 Å². The molecule has 12 heteroatoms. The number of carbonyl (C=O) groups excluding carboxylic acids is 2. The zero-order chi connectivity index (χ0) is 27.4. The number of ether oxygens (including phenoxy) is 1. The van der Waals surface area contributed by atoms with Crippen molar-refractivity contribution in [3.63, 3.8) is 0 Å². The first-order valence-corrected chi connectivity index (χ1v) is 12.2. The van der Waals surface area contributed by atoms with Crippen LogP contribution in [0.3, 0.4) is 0 Å². The Kier molecular flexibility index (Phi) is 7.08. The molecule has 5 aromatic rings. The van der Waals surface area contributed by atoms with E-state index in [1.807, 2.05) is 6.92 Å². The number of H-pyrrole nitrogens is 1. The molecule has 0 fully saturated rings. The summed E-state index contributed by atoms with van der Waals surface area (Å²) in [5, 5.41) is 3.18. The molecule has 0 atom stereocenters. The van der Waals surface area contributed by atoms with Gasteiger partial charge in [0, 0.05) is 37.1 Å². The van der Waals surface area contributed by atoms with E-state index in [1.54, 1.807) is 68.0 Å². The van der Waals surface area contributed by atoms with Crippen molar-refractivity contribution in [1.29, 1.82) is 0 Å². The minimum absolute atomic E-state index is 0.103. The molecule has 4 heterocycles. The van der Waals surface area contributed by atoms with Gasteiger partial charge < -0.3 is 19.9 Å². The SMILES string of the molecule is CCC(=O)Oc1c(Nc2ncncc2N(CC)C(=O)c2ccncc2)cccc1-n1c(=O)[nH]c2cccnc21. The lowest BCUT2D eigenvalue weighted by molar-refractivity contribution is -0.133. The molecule has 0 aliphatic rings. The molecule has 0 unspecified atom stereocenters. The summed E-state index contributed by atoms with van der Waals surface area (Å²) in [6, 6.07) is 11.7. The highest BCUT2D eigenvalue weighted by Crippen LogP contribution is 2.36. The number of anilines is 3. The fourth-order valence-electron chi connectivity index (χ4n) is 4.07. The fourth-order valence-corrected chi connectivity index (χ4v) is 4.07. The van der Waals surface area contributed by atoms with E-state index in [1.165, 1.54) is 22.0 Å². The summed E-state index contributed by atoms with van der Waals surface area (Å²) in [5.41, 5.74) is 1.96. The van der Waals surface area contributed by atoms with Gasteiger partial charge in [-0.15, -0.1) is 0 Å². The number of aromatic amines is 1. The number of carbonyl (C=O) groups is 2. The number of aromatic nitrogens is 6. The molecule has 196 valence electrons. The van der Waals surface area contributed by atoms with E-state index in [4.69, 9.17) is 4.74 Å². The van der Waals surface area contributed by atoms with E-state index in [0.717, 1.165) is 0 Å². The molecular formula is C27H24N8O4. The highest BCUT2D eigenvalue weighted by atomic mass is 16.5. The number of pyridine rings is 2. The molecule has 1 amide bonds. The molecule has 39 heavy (non-hydrogen) atoms. The molecule has 0 aliphatic heterocycles. The first kappa shape index (κ1) is 25.3. The predicted molar refractivity (Wildman–Crippen MR) is 145 cm³/mol. The van der Waals surface area contributed by atoms with Gasteiger partial charge in [-0.3, -0.25) is 14.6 Å². The van der Waals surface area contributed by atoms with E-state index >= 15 is 0 Å². The number of para-hydroxylation sites is 1. The molecule has 0 spiro atoms. The highest BCUT2D eigenvalue weighted by Gasteiger charge is 2.23. The standard InChI is InChI=1S/C27H24N8O4/c1-3-22(36)39-23-18(7-5-9-20(23)35-25-19(33-27(35)38)8-6-12-30-25)32-24-21(15-29-16-31-24)34(4-2)26(37)17-10-13-28-14-11-17/h5-16H,3-4H2,1-2H3,(H,33,38)(H,29,31,32). The number of nitrogens with zero attached hydrogens (tertiary/aromatic N) is 6. The van der Waals surface area contributed by atoms with Crippen LogP contribution in [0.4, 0.5) is 17.2 Å². The van der Waals surface area contributed by atoms with Crippen molar-refractivity contribution < 1.29 is 14.3 Å². The van der Waals surface area contributed by atoms with Crippen LogP contribution in [0.2, 0.25) is 0 Å². The van der Waals surface area contributed by atoms with Crippen LogP contribution >= 0.6 is 0 Å². The zero-order valence-corrected chi connectivity index (χ0v) is 21.2. The van der Waals surface area contributed by atoms with E-state index in [9.17, 15) is 14.4 Å². The predicted octanol–water partition coefficient (Wildman–Crippen LogP) is 3.62. The average Bonchev–Trinajstić information content (AvgIpc) is 3.30. The molecule has 5 rings (SSSR count). The molecule has 0 radical (unpaired) electrons. The largest absolute Gasteiger partial charge is 0.422 e. The number of hydrogen-bond acceptors (Lipinski definition) is 9. The second kappa shape index (κ2) is 10.9. The lowest BCUT2D eigenvalue weighted by Gasteiger charge is -2.23. The number of benzene rings is 1. The number of rotatable bonds is 8. The maximum atomic E-state index is 13.3. The van der Waals surface area contributed by atoms with Crippen molar-refractivity contribution in [3.05, 3.63) is 89.6 Å². The van der Waals surface area contributed by atoms with Gasteiger partial charge in [0.2, 0.25) is 0 Å². The molecule has 2 N–H and O–H groups in total. The number of amides is 1. The van der Waals surface area contributed by atoms with Gasteiger partial charge in [0.15, 0.2) is 17.2 Å². The Bertz CT molecular complexity index is 1710. The lowest BCUT2D eigenvalue weighted by Crippen LogP contribution is -2.31. The van der Waals surface area contributed by atoms with Crippen molar-refractivity contribution in [2.24, 2.45) is 0 Å². The third-order valence-electron chi connectivity index (χ3n) is 5.91. The Labute approximate surface area is 222 Å². The van der Waals surface area contributed by atoms with Crippen molar-refractivity contribution >= 4 is 40.2 Å². The Balaban J connectivity index is 1.62. The molecule has 0 aliphatic carbocycles. The van der Waals surface area contributed by atoms with Gasteiger partial charge in [0.25, 0.3) is 5.91 Å². The van der Waals surface area contributed by atoms with E-state index < -0.39 is 11.7 Å². The van der Waals surface area contributed by atoms with E-state index in [2.05, 4.69) is 30.2 Å². The maximum absolute atomic E-state index is 13.3. The summed E-state index contributed by atoms with van der Waals surface area (Å²) >= 11 is 0. The molecule has 4 aromatic heterocycles. The smallest absolute Gasteiger partial charge is 0.332 e. The van der Waals surface area contributed by atoms with Gasteiger partial charge in [0.1, 0.15) is 12.0 Å². The Morgan fingerprint density at radius 2 is 1.85 bits per heavy atom. The fraction of sp³-hybridized carbons (Fsp3) is 0.148. The zero-order valence-electron chi connectivity index (χ0n) is 21.2. The summed E-state index contributed by atoms with van der Waals surface area (Å²) in [6.07, 6.45) is 7.63. The Morgan fingerprint density at radius 3 is 2.62 bits per heavy atom. The number of nitrogens with one attached hydrogen (secondary N) is 2. The Morgan fingerprint density at radius 1 is 1.03 bits per heavy atom. The second-order valence-corrected chi connectivity index (χ2v) is 8.29. The van der Waals surface area contributed by atoms with Crippen LogP contribution < -0.4 is 20.6 Å². The normalized spacial score (nSPS) is 10.8. The van der Waals surface area contributed by atoms with E-state index in [-0.39, 0.29) is 18.1 Å². The molecular weight excluding hydrogens is 500 g/mol. The number of hydrogen-bond donors (Lipinski definition) is 2. The molecule has 0 saturated heterocycles. The van der Waals surface area contributed by atoms with Gasteiger partial charge in [-0.1, -0.05) is 13.0 Å². The minimum atomic E-state index is -0.502. The van der Waals surface area contributed by atoms with Crippen LogP contribution in [-0.2, 0) is 4.79 Å². The average molecular weight is 525 g/mol. The number of esters is 1. The Hall–Kier alpha value is -5.39. The third-order valence-corrected chi connectivity index (χ3v) is 5.91. The molecule has 0 saturated carbocycles. The molecule has 0 bridgehead atoms. The first-order chi connectivity index (χ1) is 19.0. The second-order valence-electron chi connectivity index (χ2n) is 8.29. The van der Waals surface area contributed by atoms with Gasteiger partial charge >= 0.3 is 11.7 Å². The topological polar surface area (TPSA) is 148 Å². The van der Waals surface area contributed by atoms with Crippen molar-refractivity contribution in [1.82, 2.24) is 29.5 Å². The maximum Gasteiger partial charge on any atom is 0.332 e. The minimum Gasteiger partial charge on any atom is -0.422 e. The summed E-state index contributed by atoms with van der Waals surface area (Å²) < 4.78 is 7.07. The highest BCUT2D eigenvalue weighted by molar-refractivity contribution is 6.07. The van der Waals surface area contributed by atoms with Crippen molar-refractivity contribution in [2.45, 2.75) is 20.3 Å².